The highest BCUT2D eigenvalue weighted by Gasteiger charge is 2.24. The second kappa shape index (κ2) is 8.78. The zero-order valence-electron chi connectivity index (χ0n) is 15.7. The van der Waals surface area contributed by atoms with Gasteiger partial charge in [0, 0.05) is 50.5 Å². The van der Waals surface area contributed by atoms with Crippen molar-refractivity contribution in [2.45, 2.75) is 25.8 Å². The molecule has 0 unspecified atom stereocenters. The number of benzene rings is 1. The molecule has 142 valence electrons. The molecular formula is C19H29N5O2. The fourth-order valence-corrected chi connectivity index (χ4v) is 3.06. The number of aliphatic imine (C=N–C) groups is 1. The number of nitrogens with zero attached hydrogens (tertiary/aromatic N) is 3. The van der Waals surface area contributed by atoms with Gasteiger partial charge in [0.1, 0.15) is 12.3 Å². The van der Waals surface area contributed by atoms with E-state index >= 15 is 0 Å². The second-order valence-electron chi connectivity index (χ2n) is 6.69. The summed E-state index contributed by atoms with van der Waals surface area (Å²) in [7, 11) is 1.69. The predicted molar refractivity (Wildman–Crippen MR) is 104 cm³/mol. The number of hydrogen-bond donors (Lipinski definition) is 2. The van der Waals surface area contributed by atoms with Crippen LogP contribution in [0.25, 0.3) is 0 Å². The van der Waals surface area contributed by atoms with Crippen LogP contribution in [0.15, 0.2) is 29.3 Å². The van der Waals surface area contributed by atoms with Crippen molar-refractivity contribution in [1.82, 2.24) is 15.5 Å². The molecule has 2 fully saturated rings. The standard InChI is InChI=1S/C19H29N5O2/c1-3-20-19(21-14-18(25)22-15-7-8-15)24-11-9-23(10-12-24)16-5-4-6-17(13-16)26-2/h4-6,13,15H,3,7-12,14H2,1-2H3,(H,20,21)(H,22,25). The first-order chi connectivity index (χ1) is 12.7. The molecule has 1 saturated carbocycles. The van der Waals surface area contributed by atoms with E-state index in [2.05, 4.69) is 37.6 Å². The third-order valence-corrected chi connectivity index (χ3v) is 4.65. The summed E-state index contributed by atoms with van der Waals surface area (Å²) in [5.41, 5.74) is 1.18. The maximum absolute atomic E-state index is 11.9. The van der Waals surface area contributed by atoms with Crippen LogP contribution in [-0.2, 0) is 4.79 Å². The largest absolute Gasteiger partial charge is 0.497 e. The Balaban J connectivity index is 1.55. The molecule has 1 amide bonds. The second-order valence-corrected chi connectivity index (χ2v) is 6.69. The minimum atomic E-state index is 0.0120. The van der Waals surface area contributed by atoms with E-state index in [0.717, 1.165) is 57.3 Å². The quantitative estimate of drug-likeness (QED) is 0.587. The number of amides is 1. The zero-order valence-corrected chi connectivity index (χ0v) is 15.7. The van der Waals surface area contributed by atoms with Gasteiger partial charge in [-0.25, -0.2) is 4.99 Å². The van der Waals surface area contributed by atoms with E-state index in [9.17, 15) is 4.79 Å². The normalized spacial score (nSPS) is 17.8. The molecule has 7 nitrogen and oxygen atoms in total. The highest BCUT2D eigenvalue weighted by Crippen LogP contribution is 2.22. The van der Waals surface area contributed by atoms with Crippen LogP contribution in [0.1, 0.15) is 19.8 Å². The molecule has 0 atom stereocenters. The molecule has 7 heteroatoms. The smallest absolute Gasteiger partial charge is 0.242 e. The summed E-state index contributed by atoms with van der Waals surface area (Å²) >= 11 is 0. The maximum Gasteiger partial charge on any atom is 0.242 e. The van der Waals surface area contributed by atoms with Gasteiger partial charge >= 0.3 is 0 Å². The number of carbonyl (C=O) groups excluding carboxylic acids is 1. The highest BCUT2D eigenvalue weighted by atomic mass is 16.5. The molecule has 26 heavy (non-hydrogen) atoms. The van der Waals surface area contributed by atoms with Crippen molar-refractivity contribution < 1.29 is 9.53 Å². The lowest BCUT2D eigenvalue weighted by molar-refractivity contribution is -0.119. The van der Waals surface area contributed by atoms with Crippen molar-refractivity contribution in [3.63, 3.8) is 0 Å². The molecule has 1 saturated heterocycles. The first-order valence-corrected chi connectivity index (χ1v) is 9.41. The lowest BCUT2D eigenvalue weighted by atomic mass is 10.2. The summed E-state index contributed by atoms with van der Waals surface area (Å²) in [6.45, 7) is 6.58. The Kier molecular flexibility index (Phi) is 6.20. The molecule has 1 heterocycles. The topological polar surface area (TPSA) is 69.2 Å². The first kappa shape index (κ1) is 18.4. The van der Waals surface area contributed by atoms with Gasteiger partial charge in [0.15, 0.2) is 5.96 Å². The van der Waals surface area contributed by atoms with Crippen molar-refractivity contribution in [2.75, 3.05) is 51.3 Å². The molecule has 3 rings (SSSR count). The first-order valence-electron chi connectivity index (χ1n) is 9.41. The van der Waals surface area contributed by atoms with Crippen molar-refractivity contribution in [3.05, 3.63) is 24.3 Å². The van der Waals surface area contributed by atoms with E-state index in [4.69, 9.17) is 4.74 Å². The van der Waals surface area contributed by atoms with Crippen molar-refractivity contribution >= 4 is 17.6 Å². The Bertz CT molecular complexity index is 637. The van der Waals surface area contributed by atoms with Gasteiger partial charge in [0.25, 0.3) is 0 Å². The summed E-state index contributed by atoms with van der Waals surface area (Å²) < 4.78 is 5.32. The average Bonchev–Trinajstić information content (AvgIpc) is 3.49. The van der Waals surface area contributed by atoms with Gasteiger partial charge in [-0.15, -0.1) is 0 Å². The lowest BCUT2D eigenvalue weighted by Crippen LogP contribution is -2.52. The molecule has 2 N–H and O–H groups in total. The Hall–Kier alpha value is -2.44. The fraction of sp³-hybridized carbons (Fsp3) is 0.579. The maximum atomic E-state index is 11.9. The average molecular weight is 359 g/mol. The summed E-state index contributed by atoms with van der Waals surface area (Å²) in [6.07, 6.45) is 2.20. The number of guanidine groups is 1. The van der Waals surface area contributed by atoms with E-state index in [0.29, 0.717) is 6.04 Å². The number of nitrogens with one attached hydrogen (secondary N) is 2. The Morgan fingerprint density at radius 3 is 2.69 bits per heavy atom. The monoisotopic (exact) mass is 359 g/mol. The van der Waals surface area contributed by atoms with Crippen LogP contribution in [0.2, 0.25) is 0 Å². The fourth-order valence-electron chi connectivity index (χ4n) is 3.06. The third-order valence-electron chi connectivity index (χ3n) is 4.65. The van der Waals surface area contributed by atoms with Crippen LogP contribution < -0.4 is 20.3 Å². The molecule has 0 aromatic heterocycles. The minimum absolute atomic E-state index is 0.0120. The third kappa shape index (κ3) is 5.03. The molecular weight excluding hydrogens is 330 g/mol. The van der Waals surface area contributed by atoms with Crippen LogP contribution in [0.3, 0.4) is 0 Å². The van der Waals surface area contributed by atoms with E-state index in [-0.39, 0.29) is 12.5 Å². The SMILES string of the molecule is CCNC(=NCC(=O)NC1CC1)N1CCN(c2cccc(OC)c2)CC1. The molecule has 0 radical (unpaired) electrons. The Morgan fingerprint density at radius 1 is 1.27 bits per heavy atom. The zero-order chi connectivity index (χ0) is 18.4. The lowest BCUT2D eigenvalue weighted by Gasteiger charge is -2.37. The number of hydrogen-bond acceptors (Lipinski definition) is 4. The summed E-state index contributed by atoms with van der Waals surface area (Å²) in [4.78, 5) is 21.0. The van der Waals surface area contributed by atoms with E-state index in [1.807, 2.05) is 19.1 Å². The van der Waals surface area contributed by atoms with Gasteiger partial charge in [-0.05, 0) is 31.9 Å². The van der Waals surface area contributed by atoms with Crippen LogP contribution in [0, 0.1) is 0 Å². The number of piperazine rings is 1. The van der Waals surface area contributed by atoms with Gasteiger partial charge in [-0.2, -0.15) is 0 Å². The molecule has 0 spiro atoms. The Labute approximate surface area is 155 Å². The Morgan fingerprint density at radius 2 is 2.04 bits per heavy atom. The number of carbonyl (C=O) groups is 1. The van der Waals surface area contributed by atoms with Gasteiger partial charge in [0.05, 0.1) is 7.11 Å². The van der Waals surface area contributed by atoms with Crippen LogP contribution >= 0.6 is 0 Å². The highest BCUT2D eigenvalue weighted by molar-refractivity contribution is 5.85. The molecule has 1 aliphatic carbocycles. The van der Waals surface area contributed by atoms with E-state index in [1.165, 1.54) is 5.69 Å². The van der Waals surface area contributed by atoms with Gasteiger partial charge < -0.3 is 25.2 Å². The van der Waals surface area contributed by atoms with Crippen molar-refractivity contribution in [3.8, 4) is 5.75 Å². The molecule has 1 aromatic carbocycles. The summed E-state index contributed by atoms with van der Waals surface area (Å²) in [6, 6.07) is 8.54. The number of ether oxygens (including phenoxy) is 1. The summed E-state index contributed by atoms with van der Waals surface area (Å²) in [5, 5.41) is 6.29. The van der Waals surface area contributed by atoms with Gasteiger partial charge in [0.2, 0.25) is 5.91 Å². The van der Waals surface area contributed by atoms with Crippen LogP contribution in [0.4, 0.5) is 5.69 Å². The number of methoxy groups -OCH3 is 1. The van der Waals surface area contributed by atoms with Crippen molar-refractivity contribution in [1.29, 1.82) is 0 Å². The molecule has 1 aliphatic heterocycles. The van der Waals surface area contributed by atoms with Crippen LogP contribution in [0.5, 0.6) is 5.75 Å². The van der Waals surface area contributed by atoms with Crippen molar-refractivity contribution in [2.24, 2.45) is 4.99 Å². The van der Waals surface area contributed by atoms with Gasteiger partial charge in [-0.1, -0.05) is 6.07 Å². The van der Waals surface area contributed by atoms with E-state index < -0.39 is 0 Å². The van der Waals surface area contributed by atoms with Crippen LogP contribution in [-0.4, -0.2) is 69.2 Å². The molecule has 0 bridgehead atoms. The predicted octanol–water partition coefficient (Wildman–Crippen LogP) is 1.06. The number of rotatable bonds is 6. The minimum Gasteiger partial charge on any atom is -0.497 e. The molecule has 1 aromatic rings. The number of anilines is 1. The summed E-state index contributed by atoms with van der Waals surface area (Å²) in [5.74, 6) is 1.71. The van der Waals surface area contributed by atoms with E-state index in [1.54, 1.807) is 7.11 Å². The molecule has 2 aliphatic rings. The van der Waals surface area contributed by atoms with Gasteiger partial charge in [-0.3, -0.25) is 4.79 Å².